The molecular formula is C7H16N4O2. The van der Waals surface area contributed by atoms with E-state index in [1.165, 1.54) is 0 Å². The number of likely N-dealkylation sites (N-methyl/N-ethyl adjacent to an activating group) is 1. The van der Waals surface area contributed by atoms with Gasteiger partial charge in [-0.25, -0.2) is 0 Å². The lowest BCUT2D eigenvalue weighted by molar-refractivity contribution is -0.119. The number of hydrogen-bond donors (Lipinski definition) is 3. The molecule has 4 N–H and O–H groups in total. The van der Waals surface area contributed by atoms with Gasteiger partial charge >= 0.3 is 0 Å². The maximum absolute atomic E-state index is 11.0. The van der Waals surface area contributed by atoms with Crippen LogP contribution in [0.2, 0.25) is 0 Å². The molecule has 6 heteroatoms. The van der Waals surface area contributed by atoms with Crippen LogP contribution in [0.4, 0.5) is 0 Å². The van der Waals surface area contributed by atoms with E-state index in [0.29, 0.717) is 6.54 Å². The highest BCUT2D eigenvalue weighted by atomic mass is 16.4. The maximum atomic E-state index is 11.0. The molecule has 0 saturated carbocycles. The summed E-state index contributed by atoms with van der Waals surface area (Å²) in [5.74, 6) is -0.320. The van der Waals surface area contributed by atoms with Gasteiger partial charge in [0, 0.05) is 13.1 Å². The van der Waals surface area contributed by atoms with E-state index in [0.717, 1.165) is 6.54 Å². The predicted molar refractivity (Wildman–Crippen MR) is 49.6 cm³/mol. The van der Waals surface area contributed by atoms with Gasteiger partial charge in [-0.15, -0.1) is 0 Å². The Balaban J connectivity index is 3.52. The second kappa shape index (κ2) is 6.24. The molecule has 0 aromatic rings. The second-order valence-electron chi connectivity index (χ2n) is 2.92. The van der Waals surface area contributed by atoms with Crippen LogP contribution in [0.1, 0.15) is 6.42 Å². The van der Waals surface area contributed by atoms with Crippen molar-refractivity contribution in [1.82, 2.24) is 10.2 Å². The van der Waals surface area contributed by atoms with Crippen molar-refractivity contribution in [1.29, 1.82) is 0 Å². The Morgan fingerprint density at radius 3 is 2.69 bits per heavy atom. The molecule has 0 aromatic heterocycles. The van der Waals surface area contributed by atoms with E-state index < -0.39 is 0 Å². The molecule has 0 aromatic carbocycles. The Morgan fingerprint density at radius 2 is 2.23 bits per heavy atom. The first-order chi connectivity index (χ1) is 6.06. The first kappa shape index (κ1) is 11.7. The van der Waals surface area contributed by atoms with Crippen molar-refractivity contribution in [3.63, 3.8) is 0 Å². The van der Waals surface area contributed by atoms with Gasteiger partial charge in [-0.3, -0.25) is 4.79 Å². The largest absolute Gasteiger partial charge is 0.409 e. The average molecular weight is 188 g/mol. The normalized spacial score (nSPS) is 11.8. The molecule has 0 unspecified atom stereocenters. The lowest BCUT2D eigenvalue weighted by Gasteiger charge is -2.09. The highest BCUT2D eigenvalue weighted by Gasteiger charge is 2.03. The second-order valence-corrected chi connectivity index (χ2v) is 2.92. The van der Waals surface area contributed by atoms with E-state index in [-0.39, 0.29) is 18.2 Å². The molecule has 76 valence electrons. The van der Waals surface area contributed by atoms with Gasteiger partial charge in [0.2, 0.25) is 5.91 Å². The van der Waals surface area contributed by atoms with Crippen molar-refractivity contribution < 1.29 is 10.0 Å². The van der Waals surface area contributed by atoms with Gasteiger partial charge in [-0.2, -0.15) is 0 Å². The number of nitrogens with zero attached hydrogens (tertiary/aromatic N) is 2. The number of carbonyl (C=O) groups excluding carboxylic acids is 1. The zero-order valence-corrected chi connectivity index (χ0v) is 7.95. The molecule has 0 rings (SSSR count). The van der Waals surface area contributed by atoms with Gasteiger partial charge in [0.1, 0.15) is 5.84 Å². The quantitative estimate of drug-likeness (QED) is 0.219. The van der Waals surface area contributed by atoms with Gasteiger partial charge in [0.15, 0.2) is 0 Å². The third-order valence-corrected chi connectivity index (χ3v) is 1.35. The van der Waals surface area contributed by atoms with Crippen molar-refractivity contribution >= 4 is 11.7 Å². The summed E-state index contributed by atoms with van der Waals surface area (Å²) in [7, 11) is 3.82. The monoisotopic (exact) mass is 188 g/mol. The van der Waals surface area contributed by atoms with Gasteiger partial charge in [0.25, 0.3) is 0 Å². The summed E-state index contributed by atoms with van der Waals surface area (Å²) in [5, 5.41) is 13.5. The van der Waals surface area contributed by atoms with Crippen molar-refractivity contribution in [3.05, 3.63) is 0 Å². The van der Waals surface area contributed by atoms with Crippen LogP contribution in [0.15, 0.2) is 5.16 Å². The molecule has 0 heterocycles. The van der Waals surface area contributed by atoms with Crippen LogP contribution in [0.5, 0.6) is 0 Å². The van der Waals surface area contributed by atoms with Crippen LogP contribution >= 0.6 is 0 Å². The van der Waals surface area contributed by atoms with Crippen LogP contribution in [-0.4, -0.2) is 49.0 Å². The van der Waals surface area contributed by atoms with Crippen LogP contribution in [0.3, 0.4) is 0 Å². The van der Waals surface area contributed by atoms with Crippen molar-refractivity contribution in [2.45, 2.75) is 6.42 Å². The van der Waals surface area contributed by atoms with E-state index in [9.17, 15) is 4.79 Å². The zero-order chi connectivity index (χ0) is 10.3. The molecule has 1 amide bonds. The summed E-state index contributed by atoms with van der Waals surface area (Å²) >= 11 is 0. The first-order valence-electron chi connectivity index (χ1n) is 3.94. The number of amides is 1. The SMILES string of the molecule is CN(C)CCNC(=O)C/C(N)=N/O. The zero-order valence-electron chi connectivity index (χ0n) is 7.95. The number of oxime groups is 1. The molecule has 0 atom stereocenters. The smallest absolute Gasteiger partial charge is 0.227 e. The van der Waals surface area contributed by atoms with E-state index in [1.54, 1.807) is 0 Å². The molecule has 0 saturated heterocycles. The van der Waals surface area contributed by atoms with Crippen molar-refractivity contribution in [3.8, 4) is 0 Å². The lowest BCUT2D eigenvalue weighted by atomic mass is 10.4. The molecule has 13 heavy (non-hydrogen) atoms. The van der Waals surface area contributed by atoms with Crippen LogP contribution in [0.25, 0.3) is 0 Å². The fraction of sp³-hybridized carbons (Fsp3) is 0.714. The fourth-order valence-corrected chi connectivity index (χ4v) is 0.681. The van der Waals surface area contributed by atoms with E-state index in [2.05, 4.69) is 10.5 Å². The third kappa shape index (κ3) is 7.07. The standard InChI is InChI=1S/C7H16N4O2/c1-11(2)4-3-9-7(12)5-6(8)10-13/h13H,3-5H2,1-2H3,(H2,8,10)(H,9,12). The highest BCUT2D eigenvalue weighted by Crippen LogP contribution is 1.80. The number of carbonyl (C=O) groups is 1. The number of amidine groups is 1. The Bertz CT molecular complexity index is 191. The highest BCUT2D eigenvalue weighted by molar-refractivity contribution is 5.98. The van der Waals surface area contributed by atoms with E-state index >= 15 is 0 Å². The number of hydrogen-bond acceptors (Lipinski definition) is 4. The molecule has 0 aliphatic rings. The predicted octanol–water partition coefficient (Wildman–Crippen LogP) is -1.20. The van der Waals surface area contributed by atoms with Crippen molar-refractivity contribution in [2.24, 2.45) is 10.9 Å². The van der Waals surface area contributed by atoms with Crippen LogP contribution in [-0.2, 0) is 4.79 Å². The summed E-state index contributed by atoms with van der Waals surface area (Å²) in [5.41, 5.74) is 5.13. The summed E-state index contributed by atoms with van der Waals surface area (Å²) in [6.07, 6.45) is -0.0655. The average Bonchev–Trinajstić information content (AvgIpc) is 2.03. The number of nitrogens with two attached hydrogens (primary N) is 1. The Kier molecular flexibility index (Phi) is 5.62. The molecule has 0 radical (unpaired) electrons. The Labute approximate surface area is 77.4 Å². The summed E-state index contributed by atoms with van der Waals surface area (Å²) < 4.78 is 0. The molecule has 6 nitrogen and oxygen atoms in total. The summed E-state index contributed by atoms with van der Waals surface area (Å²) in [4.78, 5) is 12.9. The maximum Gasteiger partial charge on any atom is 0.227 e. The minimum Gasteiger partial charge on any atom is -0.409 e. The van der Waals surface area contributed by atoms with Gasteiger partial charge < -0.3 is 21.2 Å². The molecule has 0 fully saturated rings. The van der Waals surface area contributed by atoms with Crippen LogP contribution < -0.4 is 11.1 Å². The Morgan fingerprint density at radius 1 is 1.62 bits per heavy atom. The molecular weight excluding hydrogens is 172 g/mol. The number of nitrogens with one attached hydrogen (secondary N) is 1. The topological polar surface area (TPSA) is 91.0 Å². The third-order valence-electron chi connectivity index (χ3n) is 1.35. The number of rotatable bonds is 5. The fourth-order valence-electron chi connectivity index (χ4n) is 0.681. The van der Waals surface area contributed by atoms with Gasteiger partial charge in [0.05, 0.1) is 6.42 Å². The first-order valence-corrected chi connectivity index (χ1v) is 3.94. The van der Waals surface area contributed by atoms with E-state index in [4.69, 9.17) is 10.9 Å². The van der Waals surface area contributed by atoms with Gasteiger partial charge in [-0.1, -0.05) is 5.16 Å². The lowest BCUT2D eigenvalue weighted by Crippen LogP contribution is -2.33. The minimum atomic E-state index is -0.239. The van der Waals surface area contributed by atoms with Crippen molar-refractivity contribution in [2.75, 3.05) is 27.2 Å². The van der Waals surface area contributed by atoms with Crippen LogP contribution in [0, 0.1) is 0 Å². The van der Waals surface area contributed by atoms with Gasteiger partial charge in [-0.05, 0) is 14.1 Å². The molecule has 0 aliphatic heterocycles. The summed E-state index contributed by atoms with van der Waals surface area (Å²) in [6, 6.07) is 0. The van der Waals surface area contributed by atoms with E-state index in [1.807, 2.05) is 19.0 Å². The Hall–Kier alpha value is -1.30. The molecule has 0 aliphatic carbocycles. The summed E-state index contributed by atoms with van der Waals surface area (Å²) in [6.45, 7) is 1.33. The molecule has 0 bridgehead atoms. The molecule has 0 spiro atoms. The minimum absolute atomic E-state index is 0.0655.